The molecule has 0 spiro atoms. The average molecular weight is 374 g/mol. The first kappa shape index (κ1) is 18.4. The number of halogens is 1. The van der Waals surface area contributed by atoms with Crippen molar-refractivity contribution in [2.45, 2.75) is 20.4 Å². The number of carbonyl (C=O) groups excluding carboxylic acids is 2. The maximum Gasteiger partial charge on any atom is 0.320 e. The van der Waals surface area contributed by atoms with Crippen LogP contribution >= 0.6 is 15.9 Å². The number of anilines is 1. The third-order valence-electron chi connectivity index (χ3n) is 2.68. The lowest BCUT2D eigenvalue weighted by molar-refractivity contribution is -0.148. The Morgan fingerprint density at radius 1 is 1.23 bits per heavy atom. The lowest BCUT2D eigenvalue weighted by Crippen LogP contribution is -2.36. The second-order valence-corrected chi connectivity index (χ2v) is 5.37. The van der Waals surface area contributed by atoms with Gasteiger partial charge in [0.2, 0.25) is 0 Å². The van der Waals surface area contributed by atoms with Gasteiger partial charge in [-0.25, -0.2) is 4.98 Å². The van der Waals surface area contributed by atoms with E-state index < -0.39 is 11.9 Å². The number of nitrogens with two attached hydrogens (primary N) is 1. The predicted octanol–water partition coefficient (Wildman–Crippen LogP) is 1.35. The van der Waals surface area contributed by atoms with E-state index in [0.29, 0.717) is 11.4 Å². The van der Waals surface area contributed by atoms with Crippen molar-refractivity contribution in [1.29, 1.82) is 0 Å². The smallest absolute Gasteiger partial charge is 0.320 e. The summed E-state index contributed by atoms with van der Waals surface area (Å²) in [5.74, 6) is -0.470. The number of carbonyl (C=O) groups is 2. The molecule has 0 unspecified atom stereocenters. The van der Waals surface area contributed by atoms with E-state index in [1.54, 1.807) is 31.0 Å². The molecular weight excluding hydrogens is 354 g/mol. The number of ether oxygens (including phenoxy) is 2. The summed E-state index contributed by atoms with van der Waals surface area (Å²) in [6.07, 6.45) is 1.58. The summed E-state index contributed by atoms with van der Waals surface area (Å²) in [7, 11) is 0. The summed E-state index contributed by atoms with van der Waals surface area (Å²) >= 11 is 3.32. The van der Waals surface area contributed by atoms with Crippen LogP contribution in [0.25, 0.3) is 0 Å². The number of nitrogens with zero attached hydrogens (tertiary/aromatic N) is 2. The van der Waals surface area contributed by atoms with Gasteiger partial charge in [0.25, 0.3) is 0 Å². The Labute approximate surface area is 137 Å². The highest BCUT2D eigenvalue weighted by molar-refractivity contribution is 9.10. The maximum atomic E-state index is 11.7. The number of nitrogen functional groups attached to an aromatic ring is 1. The fourth-order valence-electron chi connectivity index (χ4n) is 1.81. The van der Waals surface area contributed by atoms with E-state index in [2.05, 4.69) is 20.9 Å². The normalized spacial score (nSPS) is 10.5. The molecule has 1 aromatic rings. The van der Waals surface area contributed by atoms with E-state index in [1.807, 2.05) is 0 Å². The van der Waals surface area contributed by atoms with Crippen LogP contribution in [0, 0.1) is 0 Å². The lowest BCUT2D eigenvalue weighted by atomic mass is 10.2. The largest absolute Gasteiger partial charge is 0.465 e. The van der Waals surface area contributed by atoms with Crippen molar-refractivity contribution in [3.8, 4) is 0 Å². The van der Waals surface area contributed by atoms with E-state index >= 15 is 0 Å². The summed E-state index contributed by atoms with van der Waals surface area (Å²) in [5, 5.41) is 0. The molecule has 2 N–H and O–H groups in total. The van der Waals surface area contributed by atoms with Crippen LogP contribution in [0.3, 0.4) is 0 Å². The van der Waals surface area contributed by atoms with E-state index in [1.165, 1.54) is 0 Å². The Morgan fingerprint density at radius 2 is 1.77 bits per heavy atom. The fraction of sp³-hybridized carbons (Fsp3) is 0.500. The van der Waals surface area contributed by atoms with Crippen molar-refractivity contribution in [2.24, 2.45) is 0 Å². The average Bonchev–Trinajstić information content (AvgIpc) is 2.43. The Kier molecular flexibility index (Phi) is 7.83. The summed E-state index contributed by atoms with van der Waals surface area (Å²) < 4.78 is 10.6. The molecule has 0 saturated carbocycles. The molecule has 8 heteroatoms. The second-order valence-electron chi connectivity index (χ2n) is 4.45. The van der Waals surface area contributed by atoms with Gasteiger partial charge in [0.15, 0.2) is 0 Å². The van der Waals surface area contributed by atoms with Gasteiger partial charge in [0.05, 0.1) is 26.3 Å². The van der Waals surface area contributed by atoms with E-state index in [-0.39, 0.29) is 32.8 Å². The number of pyridine rings is 1. The van der Waals surface area contributed by atoms with E-state index in [9.17, 15) is 9.59 Å². The van der Waals surface area contributed by atoms with Crippen LogP contribution in [-0.2, 0) is 25.6 Å². The molecule has 0 atom stereocenters. The molecule has 122 valence electrons. The monoisotopic (exact) mass is 373 g/mol. The molecular formula is C14H20BrN3O4. The molecule has 7 nitrogen and oxygen atoms in total. The van der Waals surface area contributed by atoms with Gasteiger partial charge < -0.3 is 15.2 Å². The first-order valence-corrected chi connectivity index (χ1v) is 7.69. The fourth-order valence-corrected chi connectivity index (χ4v) is 2.18. The molecule has 0 aliphatic rings. The molecule has 0 aliphatic heterocycles. The predicted molar refractivity (Wildman–Crippen MR) is 84.9 cm³/mol. The van der Waals surface area contributed by atoms with E-state index in [0.717, 1.165) is 4.47 Å². The van der Waals surface area contributed by atoms with Gasteiger partial charge in [-0.1, -0.05) is 0 Å². The van der Waals surface area contributed by atoms with Crippen LogP contribution in [0.1, 0.15) is 19.4 Å². The highest BCUT2D eigenvalue weighted by Gasteiger charge is 2.18. The van der Waals surface area contributed by atoms with Gasteiger partial charge in [-0.2, -0.15) is 0 Å². The number of hydrogen-bond donors (Lipinski definition) is 1. The van der Waals surface area contributed by atoms with Crippen LogP contribution in [0.15, 0.2) is 16.7 Å². The molecule has 0 bridgehead atoms. The van der Waals surface area contributed by atoms with Crippen LogP contribution in [0.2, 0.25) is 0 Å². The quantitative estimate of drug-likeness (QED) is 0.687. The van der Waals surface area contributed by atoms with Gasteiger partial charge >= 0.3 is 11.9 Å². The van der Waals surface area contributed by atoms with Gasteiger partial charge in [0.1, 0.15) is 5.82 Å². The van der Waals surface area contributed by atoms with E-state index in [4.69, 9.17) is 15.2 Å². The number of esters is 2. The van der Waals surface area contributed by atoms with Gasteiger partial charge in [0, 0.05) is 22.8 Å². The number of hydrogen-bond acceptors (Lipinski definition) is 7. The van der Waals surface area contributed by atoms with Crippen LogP contribution in [0.5, 0.6) is 0 Å². The zero-order valence-electron chi connectivity index (χ0n) is 12.7. The summed E-state index contributed by atoms with van der Waals surface area (Å²) in [5.41, 5.74) is 6.54. The summed E-state index contributed by atoms with van der Waals surface area (Å²) in [6, 6.07) is 1.80. The Bertz CT molecular complexity index is 505. The highest BCUT2D eigenvalue weighted by atomic mass is 79.9. The zero-order chi connectivity index (χ0) is 16.5. The summed E-state index contributed by atoms with van der Waals surface area (Å²) in [6.45, 7) is 4.25. The Balaban J connectivity index is 2.81. The molecule has 0 aliphatic carbocycles. The highest BCUT2D eigenvalue weighted by Crippen LogP contribution is 2.17. The standard InChI is InChI=1S/C14H20BrN3O4/c1-3-21-12(19)8-18(9-13(20)22-4-2)7-10-5-11(15)6-17-14(10)16/h5-6H,3-4,7-9H2,1-2H3,(H2,16,17). The molecule has 22 heavy (non-hydrogen) atoms. The molecule has 0 saturated heterocycles. The first-order chi connectivity index (χ1) is 10.5. The van der Waals surface area contributed by atoms with Crippen molar-refractivity contribution in [2.75, 3.05) is 32.0 Å². The van der Waals surface area contributed by atoms with Gasteiger partial charge in [-0.15, -0.1) is 0 Å². The first-order valence-electron chi connectivity index (χ1n) is 6.89. The van der Waals surface area contributed by atoms with Crippen LogP contribution in [0.4, 0.5) is 5.82 Å². The van der Waals surface area contributed by atoms with Gasteiger partial charge in [-0.3, -0.25) is 14.5 Å². The number of aromatic nitrogens is 1. The molecule has 0 aromatic carbocycles. The van der Waals surface area contributed by atoms with Crippen LogP contribution in [-0.4, -0.2) is 48.1 Å². The molecule has 0 radical (unpaired) electrons. The van der Waals surface area contributed by atoms with Crippen molar-refractivity contribution in [3.05, 3.63) is 22.3 Å². The van der Waals surface area contributed by atoms with Gasteiger partial charge in [-0.05, 0) is 35.8 Å². The molecule has 0 amide bonds. The van der Waals surface area contributed by atoms with Crippen molar-refractivity contribution in [3.63, 3.8) is 0 Å². The van der Waals surface area contributed by atoms with Crippen molar-refractivity contribution in [1.82, 2.24) is 9.88 Å². The second kappa shape index (κ2) is 9.37. The third kappa shape index (κ3) is 6.40. The molecule has 1 aromatic heterocycles. The molecule has 1 rings (SSSR count). The maximum absolute atomic E-state index is 11.7. The topological polar surface area (TPSA) is 94.8 Å². The Morgan fingerprint density at radius 3 is 2.27 bits per heavy atom. The SMILES string of the molecule is CCOC(=O)CN(CC(=O)OCC)Cc1cc(Br)cnc1N. The summed E-state index contributed by atoms with van der Waals surface area (Å²) in [4.78, 5) is 29.0. The zero-order valence-corrected chi connectivity index (χ0v) is 14.3. The van der Waals surface area contributed by atoms with Crippen molar-refractivity contribution < 1.29 is 19.1 Å². The van der Waals surface area contributed by atoms with Crippen LogP contribution < -0.4 is 5.73 Å². The molecule has 1 heterocycles. The third-order valence-corrected chi connectivity index (χ3v) is 3.11. The molecule has 0 fully saturated rings. The lowest BCUT2D eigenvalue weighted by Gasteiger charge is -2.21. The number of rotatable bonds is 8. The van der Waals surface area contributed by atoms with Crippen molar-refractivity contribution >= 4 is 33.7 Å². The minimum Gasteiger partial charge on any atom is -0.465 e. The minimum absolute atomic E-state index is 0.0292. The minimum atomic E-state index is -0.409. The Hall–Kier alpha value is -1.67.